The van der Waals surface area contributed by atoms with E-state index in [1.807, 2.05) is 6.07 Å². The summed E-state index contributed by atoms with van der Waals surface area (Å²) in [6.07, 6.45) is 4.06. The maximum absolute atomic E-state index is 13.5. The topological polar surface area (TPSA) is 21.3 Å². The van der Waals surface area contributed by atoms with Crippen LogP contribution in [0.2, 0.25) is 0 Å². The lowest BCUT2D eigenvalue weighted by Gasteiger charge is -2.13. The minimum atomic E-state index is -0.0498. The van der Waals surface area contributed by atoms with Gasteiger partial charge in [0, 0.05) is 19.8 Å². The van der Waals surface area contributed by atoms with Crippen molar-refractivity contribution in [2.75, 3.05) is 20.3 Å². The first-order valence-electron chi connectivity index (χ1n) is 6.32. The summed E-state index contributed by atoms with van der Waals surface area (Å²) in [6, 6.07) is 5.74. The van der Waals surface area contributed by atoms with Gasteiger partial charge in [-0.3, -0.25) is 0 Å². The van der Waals surface area contributed by atoms with Crippen molar-refractivity contribution < 1.29 is 9.13 Å². The standard InChI is InChI=1S/C14H20FNO/c1-17-10-3-2-9-16-14-8-7-11-12(14)5-4-6-13(11)15/h4-6,14,16H,2-3,7-10H2,1H3. The highest BCUT2D eigenvalue weighted by atomic mass is 19.1. The molecule has 0 aromatic heterocycles. The zero-order chi connectivity index (χ0) is 12.1. The molecule has 1 atom stereocenters. The first kappa shape index (κ1) is 12.5. The lowest BCUT2D eigenvalue weighted by Crippen LogP contribution is -2.20. The second kappa shape index (κ2) is 6.12. The molecule has 17 heavy (non-hydrogen) atoms. The van der Waals surface area contributed by atoms with E-state index in [-0.39, 0.29) is 5.82 Å². The van der Waals surface area contributed by atoms with E-state index in [9.17, 15) is 4.39 Å². The molecule has 0 radical (unpaired) electrons. The Morgan fingerprint density at radius 2 is 2.29 bits per heavy atom. The van der Waals surface area contributed by atoms with Gasteiger partial charge in [-0.1, -0.05) is 12.1 Å². The average Bonchev–Trinajstić information content (AvgIpc) is 2.74. The molecule has 1 aliphatic rings. The van der Waals surface area contributed by atoms with Gasteiger partial charge in [-0.25, -0.2) is 4.39 Å². The molecule has 1 N–H and O–H groups in total. The van der Waals surface area contributed by atoms with Crippen molar-refractivity contribution in [2.24, 2.45) is 0 Å². The summed E-state index contributed by atoms with van der Waals surface area (Å²) in [4.78, 5) is 0. The molecular weight excluding hydrogens is 217 g/mol. The van der Waals surface area contributed by atoms with Crippen LogP contribution in [0, 0.1) is 5.82 Å². The molecule has 1 aromatic rings. The van der Waals surface area contributed by atoms with Crippen molar-refractivity contribution in [2.45, 2.75) is 31.7 Å². The van der Waals surface area contributed by atoms with Crippen LogP contribution >= 0.6 is 0 Å². The molecule has 0 fully saturated rings. The highest BCUT2D eigenvalue weighted by Gasteiger charge is 2.23. The van der Waals surface area contributed by atoms with Gasteiger partial charge in [0.1, 0.15) is 5.82 Å². The molecule has 94 valence electrons. The first-order valence-corrected chi connectivity index (χ1v) is 6.32. The SMILES string of the molecule is COCCCCNC1CCc2c(F)cccc21. The van der Waals surface area contributed by atoms with Crippen molar-refractivity contribution in [1.29, 1.82) is 0 Å². The van der Waals surface area contributed by atoms with Crippen LogP contribution in [0.15, 0.2) is 18.2 Å². The Bertz CT molecular complexity index is 367. The van der Waals surface area contributed by atoms with Crippen LogP contribution in [0.1, 0.15) is 36.4 Å². The number of ether oxygens (including phenoxy) is 1. The Balaban J connectivity index is 1.83. The van der Waals surface area contributed by atoms with E-state index >= 15 is 0 Å². The Kier molecular flexibility index (Phi) is 4.51. The third-order valence-electron chi connectivity index (χ3n) is 3.38. The maximum atomic E-state index is 13.5. The van der Waals surface area contributed by atoms with Gasteiger partial charge in [0.15, 0.2) is 0 Å². The van der Waals surface area contributed by atoms with Crippen molar-refractivity contribution in [3.8, 4) is 0 Å². The minimum absolute atomic E-state index is 0.0498. The average molecular weight is 237 g/mol. The highest BCUT2D eigenvalue weighted by Crippen LogP contribution is 2.32. The monoisotopic (exact) mass is 237 g/mol. The summed E-state index contributed by atoms with van der Waals surface area (Å²) < 4.78 is 18.5. The number of halogens is 1. The summed E-state index contributed by atoms with van der Waals surface area (Å²) in [6.45, 7) is 1.79. The Morgan fingerprint density at radius 1 is 1.41 bits per heavy atom. The zero-order valence-electron chi connectivity index (χ0n) is 10.3. The first-order chi connectivity index (χ1) is 8.33. The van der Waals surface area contributed by atoms with E-state index in [0.29, 0.717) is 6.04 Å². The molecule has 3 heteroatoms. The Labute approximate surface area is 102 Å². The second-order valence-electron chi connectivity index (χ2n) is 4.55. The van der Waals surface area contributed by atoms with Gasteiger partial charge in [-0.2, -0.15) is 0 Å². The third kappa shape index (κ3) is 3.05. The number of benzene rings is 1. The number of rotatable bonds is 6. The number of unbranched alkanes of at least 4 members (excludes halogenated alkanes) is 1. The van der Waals surface area contributed by atoms with Gasteiger partial charge in [0.2, 0.25) is 0 Å². The van der Waals surface area contributed by atoms with E-state index in [4.69, 9.17) is 4.74 Å². The number of nitrogens with one attached hydrogen (secondary N) is 1. The maximum Gasteiger partial charge on any atom is 0.126 e. The Morgan fingerprint density at radius 3 is 3.12 bits per heavy atom. The van der Waals surface area contributed by atoms with E-state index in [0.717, 1.165) is 50.0 Å². The summed E-state index contributed by atoms with van der Waals surface area (Å²) >= 11 is 0. The lowest BCUT2D eigenvalue weighted by atomic mass is 10.1. The van der Waals surface area contributed by atoms with Crippen molar-refractivity contribution >= 4 is 0 Å². The summed E-state index contributed by atoms with van der Waals surface area (Å²) in [7, 11) is 1.73. The minimum Gasteiger partial charge on any atom is -0.385 e. The van der Waals surface area contributed by atoms with Gasteiger partial charge in [0.05, 0.1) is 0 Å². The molecule has 0 saturated heterocycles. The van der Waals surface area contributed by atoms with Crippen LogP contribution in [0.3, 0.4) is 0 Å². The molecule has 0 spiro atoms. The Hall–Kier alpha value is -0.930. The molecular formula is C14H20FNO. The van der Waals surface area contributed by atoms with Gasteiger partial charge in [-0.05, 0) is 49.4 Å². The molecule has 1 unspecified atom stereocenters. The van der Waals surface area contributed by atoms with E-state index in [1.165, 1.54) is 0 Å². The van der Waals surface area contributed by atoms with Gasteiger partial charge in [-0.15, -0.1) is 0 Å². The van der Waals surface area contributed by atoms with Gasteiger partial charge < -0.3 is 10.1 Å². The van der Waals surface area contributed by atoms with Crippen LogP contribution in [-0.4, -0.2) is 20.3 Å². The van der Waals surface area contributed by atoms with Crippen LogP contribution in [-0.2, 0) is 11.2 Å². The molecule has 0 bridgehead atoms. The summed E-state index contributed by atoms with van der Waals surface area (Å²) in [5.41, 5.74) is 2.05. The molecule has 2 rings (SSSR count). The fraction of sp³-hybridized carbons (Fsp3) is 0.571. The quantitative estimate of drug-likeness (QED) is 0.768. The normalized spacial score (nSPS) is 18.4. The number of fused-ring (bicyclic) bond motifs is 1. The van der Waals surface area contributed by atoms with E-state index < -0.39 is 0 Å². The number of hydrogen-bond donors (Lipinski definition) is 1. The molecule has 0 saturated carbocycles. The number of methoxy groups -OCH3 is 1. The highest BCUT2D eigenvalue weighted by molar-refractivity contribution is 5.35. The fourth-order valence-corrected chi connectivity index (χ4v) is 2.47. The van der Waals surface area contributed by atoms with Crippen molar-refractivity contribution in [1.82, 2.24) is 5.32 Å². The smallest absolute Gasteiger partial charge is 0.126 e. The van der Waals surface area contributed by atoms with Crippen LogP contribution in [0.5, 0.6) is 0 Å². The second-order valence-corrected chi connectivity index (χ2v) is 4.55. The van der Waals surface area contributed by atoms with Gasteiger partial charge in [0.25, 0.3) is 0 Å². The van der Waals surface area contributed by atoms with Crippen LogP contribution in [0.25, 0.3) is 0 Å². The largest absolute Gasteiger partial charge is 0.385 e. The number of hydrogen-bond acceptors (Lipinski definition) is 2. The van der Waals surface area contributed by atoms with Gasteiger partial charge >= 0.3 is 0 Å². The zero-order valence-corrected chi connectivity index (χ0v) is 10.3. The predicted molar refractivity (Wildman–Crippen MR) is 66.6 cm³/mol. The van der Waals surface area contributed by atoms with Crippen molar-refractivity contribution in [3.63, 3.8) is 0 Å². The molecule has 2 nitrogen and oxygen atoms in total. The molecule has 0 heterocycles. The third-order valence-corrected chi connectivity index (χ3v) is 3.38. The van der Waals surface area contributed by atoms with E-state index in [1.54, 1.807) is 19.2 Å². The summed E-state index contributed by atoms with van der Waals surface area (Å²) in [5.74, 6) is -0.0498. The van der Waals surface area contributed by atoms with Crippen molar-refractivity contribution in [3.05, 3.63) is 35.1 Å². The van der Waals surface area contributed by atoms with E-state index in [2.05, 4.69) is 5.32 Å². The fourth-order valence-electron chi connectivity index (χ4n) is 2.47. The lowest BCUT2D eigenvalue weighted by molar-refractivity contribution is 0.192. The summed E-state index contributed by atoms with van der Waals surface area (Å²) in [5, 5.41) is 3.50. The van der Waals surface area contributed by atoms with Crippen LogP contribution in [0.4, 0.5) is 4.39 Å². The molecule has 0 amide bonds. The predicted octanol–water partition coefficient (Wildman–Crippen LogP) is 2.83. The molecule has 1 aliphatic carbocycles. The van der Waals surface area contributed by atoms with Crippen LogP contribution < -0.4 is 5.32 Å². The molecule has 0 aliphatic heterocycles. The molecule has 1 aromatic carbocycles.